The second-order valence-corrected chi connectivity index (χ2v) is 19.1. The molecule has 0 amide bonds. The lowest BCUT2D eigenvalue weighted by Gasteiger charge is -2.37. The van der Waals surface area contributed by atoms with Crippen molar-refractivity contribution in [2.24, 2.45) is 0 Å². The van der Waals surface area contributed by atoms with Crippen molar-refractivity contribution in [2.75, 3.05) is 0 Å². The molecule has 0 atom stereocenters. The van der Waals surface area contributed by atoms with E-state index in [2.05, 4.69) is 260 Å². The second-order valence-electron chi connectivity index (χ2n) is 19.1. The summed E-state index contributed by atoms with van der Waals surface area (Å²) in [5.74, 6) is 2.34. The highest BCUT2D eigenvalue weighted by Crippen LogP contribution is 2.38. The van der Waals surface area contributed by atoms with Crippen LogP contribution in [0.15, 0.2) is 212 Å². The zero-order chi connectivity index (χ0) is 46.8. The van der Waals surface area contributed by atoms with E-state index in [0.717, 1.165) is 84.3 Å². The van der Waals surface area contributed by atoms with Crippen LogP contribution >= 0.6 is 0 Å². The van der Waals surface area contributed by atoms with Crippen LogP contribution in [0, 0.1) is 20.2 Å². The van der Waals surface area contributed by atoms with Crippen molar-refractivity contribution in [2.45, 2.75) is 40.0 Å². The van der Waals surface area contributed by atoms with Crippen LogP contribution in [0.25, 0.3) is 67.3 Å². The van der Waals surface area contributed by atoms with Crippen molar-refractivity contribution in [1.29, 1.82) is 0 Å². The number of pyridine rings is 1. The van der Waals surface area contributed by atoms with Gasteiger partial charge in [0.1, 0.15) is 17.3 Å². The first-order valence-electron chi connectivity index (χ1n) is 23.7. The van der Waals surface area contributed by atoms with Gasteiger partial charge in [-0.1, -0.05) is 165 Å². The van der Waals surface area contributed by atoms with E-state index in [-0.39, 0.29) is 12.3 Å². The highest BCUT2D eigenvalue weighted by molar-refractivity contribution is 6.84. The summed E-state index contributed by atoms with van der Waals surface area (Å²) in [6, 6.07) is 62.4. The number of para-hydroxylation sites is 2. The summed E-state index contributed by atoms with van der Waals surface area (Å²) in [6.07, 6.45) is 16.9. The number of aromatic nitrogens is 4. The molecule has 6 nitrogen and oxygen atoms in total. The van der Waals surface area contributed by atoms with Crippen LogP contribution in [0.5, 0.6) is 11.5 Å². The van der Waals surface area contributed by atoms with Crippen LogP contribution < -0.4 is 20.4 Å². The second kappa shape index (κ2) is 16.7. The molecule has 0 bridgehead atoms. The molecular weight excluding hydrogens is 842 g/mol. The number of fused-ring (bicyclic) bond motifs is 5. The third kappa shape index (κ3) is 7.29. The Morgan fingerprint density at radius 2 is 1.29 bits per heavy atom. The number of aryl methyl sites for hydroxylation is 2. The van der Waals surface area contributed by atoms with Crippen LogP contribution in [0.3, 0.4) is 0 Å². The molecule has 2 aliphatic heterocycles. The van der Waals surface area contributed by atoms with Crippen molar-refractivity contribution >= 4 is 45.8 Å². The Bertz CT molecular complexity index is 3640. The van der Waals surface area contributed by atoms with Crippen LogP contribution in [0.2, 0.25) is 0 Å². The molecule has 0 N–H and O–H groups in total. The van der Waals surface area contributed by atoms with Gasteiger partial charge < -0.3 is 9.55 Å². The summed E-state index contributed by atoms with van der Waals surface area (Å²) in [5, 5.41) is 2.31. The Labute approximate surface area is 404 Å². The maximum atomic E-state index is 6.93. The predicted molar refractivity (Wildman–Crippen MR) is 283 cm³/mol. The minimum absolute atomic E-state index is 0.0280. The summed E-state index contributed by atoms with van der Waals surface area (Å²) in [4.78, 5) is 7.33. The van der Waals surface area contributed by atoms with Crippen molar-refractivity contribution in [3.8, 4) is 50.9 Å². The number of imidazole rings is 1. The molecule has 69 heavy (non-hydrogen) atoms. The number of benzene rings is 7. The Balaban J connectivity index is 1.06. The number of allylic oxidation sites excluding steroid dienone is 3. The van der Waals surface area contributed by atoms with E-state index in [1.54, 1.807) is 0 Å². The van der Waals surface area contributed by atoms with Gasteiger partial charge in [0.05, 0.1) is 33.7 Å². The van der Waals surface area contributed by atoms with Crippen LogP contribution in [-0.4, -0.2) is 25.8 Å². The first-order valence-corrected chi connectivity index (χ1v) is 23.7. The van der Waals surface area contributed by atoms with E-state index >= 15 is 0 Å². The van der Waals surface area contributed by atoms with E-state index < -0.39 is 0 Å². The molecule has 0 saturated carbocycles. The molecule has 0 aliphatic carbocycles. The molecule has 0 unspecified atom stereocenters. The lowest BCUT2D eigenvalue weighted by atomic mass is 9.47. The van der Waals surface area contributed by atoms with Crippen molar-refractivity contribution in [3.05, 3.63) is 241 Å². The van der Waals surface area contributed by atoms with Gasteiger partial charge in [-0.25, -0.2) is 4.98 Å². The quantitative estimate of drug-likeness (QED) is 0.0867. The predicted octanol–water partition coefficient (Wildman–Crippen LogP) is 12.9. The fraction of sp³-hybridized carbons (Fsp3) is 0.0968. The average Bonchev–Trinajstić information content (AvgIpc) is 3.92. The molecule has 0 fully saturated rings. The third-order valence-electron chi connectivity index (χ3n) is 13.7. The van der Waals surface area contributed by atoms with Crippen molar-refractivity contribution in [1.82, 2.24) is 18.9 Å². The van der Waals surface area contributed by atoms with E-state index in [4.69, 9.17) is 9.72 Å². The summed E-state index contributed by atoms with van der Waals surface area (Å²) >= 11 is 0. The van der Waals surface area contributed by atoms with Crippen LogP contribution in [-0.2, 0) is 5.41 Å². The molecule has 7 heteroatoms. The molecule has 2 aliphatic rings. The number of hydrogen-bond donors (Lipinski definition) is 0. The minimum Gasteiger partial charge on any atom is -0.458 e. The van der Waals surface area contributed by atoms with Crippen LogP contribution in [0.1, 0.15) is 43.2 Å². The summed E-state index contributed by atoms with van der Waals surface area (Å²) in [7, 11) is 0. The van der Waals surface area contributed by atoms with Gasteiger partial charge in [0.15, 0.2) is 0 Å². The van der Waals surface area contributed by atoms with E-state index in [9.17, 15) is 0 Å². The normalized spacial score (nSPS) is 13.2. The molecule has 0 saturated heterocycles. The topological polar surface area (TPSA) is 39.1 Å². The number of rotatable bonds is 8. The first-order chi connectivity index (χ1) is 33.7. The first kappa shape index (κ1) is 42.0. The third-order valence-corrected chi connectivity index (χ3v) is 13.7. The zero-order valence-corrected chi connectivity index (χ0v) is 39.4. The number of hydrogen-bond acceptors (Lipinski definition) is 3. The minimum atomic E-state index is -0.178. The Morgan fingerprint density at radius 3 is 2.03 bits per heavy atom. The molecular formula is C62H50BN5O. The molecule has 0 radical (unpaired) electrons. The zero-order valence-electron chi connectivity index (χ0n) is 39.4. The summed E-state index contributed by atoms with van der Waals surface area (Å²) in [6.45, 7) is 11.0. The van der Waals surface area contributed by atoms with E-state index in [0.29, 0.717) is 0 Å². The number of ether oxygens (including phenoxy) is 1. The monoisotopic (exact) mass is 891 g/mol. The molecule has 3 aromatic heterocycles. The average molecular weight is 892 g/mol. The largest absolute Gasteiger partial charge is 0.458 e. The molecule has 0 spiro atoms. The van der Waals surface area contributed by atoms with Crippen LogP contribution in [0.4, 0.5) is 0 Å². The van der Waals surface area contributed by atoms with Crippen molar-refractivity contribution < 1.29 is 9.30 Å². The Kier molecular flexibility index (Phi) is 10.2. The van der Waals surface area contributed by atoms with Gasteiger partial charge in [-0.15, -0.1) is 0 Å². The van der Waals surface area contributed by atoms with Gasteiger partial charge >= 0.3 is 6.85 Å². The van der Waals surface area contributed by atoms with Gasteiger partial charge in [0.2, 0.25) is 0 Å². The Morgan fingerprint density at radius 1 is 0.623 bits per heavy atom. The smallest absolute Gasteiger partial charge is 0.325 e. The van der Waals surface area contributed by atoms with Gasteiger partial charge in [0, 0.05) is 28.7 Å². The van der Waals surface area contributed by atoms with Gasteiger partial charge in [-0.2, -0.15) is 0 Å². The summed E-state index contributed by atoms with van der Waals surface area (Å²) in [5.41, 5.74) is 16.8. The van der Waals surface area contributed by atoms with E-state index in [1.165, 1.54) is 27.5 Å². The molecule has 10 aromatic rings. The van der Waals surface area contributed by atoms with E-state index in [1.807, 2.05) is 12.3 Å². The maximum absolute atomic E-state index is 6.93. The lowest BCUT2D eigenvalue weighted by Crippen LogP contribution is -2.61. The highest BCUT2D eigenvalue weighted by Gasteiger charge is 2.40. The highest BCUT2D eigenvalue weighted by atomic mass is 16.5. The fourth-order valence-corrected chi connectivity index (χ4v) is 10.4. The van der Waals surface area contributed by atoms with Gasteiger partial charge in [0.25, 0.3) is 6.33 Å². The maximum Gasteiger partial charge on any atom is 0.325 e. The summed E-state index contributed by atoms with van der Waals surface area (Å²) < 4.78 is 13.8. The van der Waals surface area contributed by atoms with Gasteiger partial charge in [-0.3, -0.25) is 13.7 Å². The molecule has 5 heterocycles. The SMILES string of the molecule is Cc1cccc(C)c1B1c2c([n+](-c3c(-c4ccccc4)cccc3-c3ccccc3)[c-]n2-c2cccc(Oc3ccc4c5ccccc5n(-c5cc(C(C)(C)C)ccn5)c4c3)c2)C=C2C=CC=CN12. The molecule has 7 aromatic carbocycles. The molecule has 332 valence electrons. The fourth-order valence-electron chi connectivity index (χ4n) is 10.4. The molecule has 12 rings (SSSR count). The lowest BCUT2D eigenvalue weighted by molar-refractivity contribution is -0.599. The number of nitrogens with zero attached hydrogens (tertiary/aromatic N) is 5. The Hall–Kier alpha value is -8.42. The standard InChI is InChI=1S/C62H50BN5O/c1-42-19-16-20-43(2)59(42)63-61-57(39-48-25-14-15-36-67(48)63)66(60-51(44-21-8-6-9-22-44)29-18-30-52(60)45-23-10-7-11-24-45)41-65(61)47-26-17-27-49(38-47)69-50-32-33-54-53-28-12-13-31-55(53)68(56(54)40-50)58-37-46(34-35-64-58)62(3,4)5/h6-40H,1-5H3. The van der Waals surface area contributed by atoms with Crippen molar-refractivity contribution in [3.63, 3.8) is 0 Å². The van der Waals surface area contributed by atoms with Gasteiger partial charge in [-0.05, 0) is 120 Å².